The van der Waals surface area contributed by atoms with Crippen LogP contribution in [0, 0.1) is 11.7 Å². The Morgan fingerprint density at radius 2 is 2.14 bits per heavy atom. The number of carbonyl (C=O) groups is 1. The molecule has 2 heterocycles. The van der Waals surface area contributed by atoms with Crippen LogP contribution < -0.4 is 5.32 Å². The van der Waals surface area contributed by atoms with E-state index in [9.17, 15) is 9.18 Å². The second kappa shape index (κ2) is 9.99. The summed E-state index contributed by atoms with van der Waals surface area (Å²) in [7, 11) is 0. The molecule has 0 radical (unpaired) electrons. The minimum absolute atomic E-state index is 0.0275. The van der Waals surface area contributed by atoms with Crippen LogP contribution in [0.3, 0.4) is 0 Å². The van der Waals surface area contributed by atoms with Crippen LogP contribution >= 0.6 is 11.6 Å². The summed E-state index contributed by atoms with van der Waals surface area (Å²) in [6, 6.07) is 9.44. The molecule has 0 amide bonds. The molecule has 3 unspecified atom stereocenters. The fourth-order valence-corrected chi connectivity index (χ4v) is 4.85. The van der Waals surface area contributed by atoms with Gasteiger partial charge in [0.2, 0.25) is 0 Å². The zero-order chi connectivity index (χ0) is 24.4. The standard InChI is InChI=1S/C24H25ClFN7O2/c1-2-35-24(34)16-5-3-4-6-21(16)33-23(30-31-32-33)22(14-7-9-17(25)18(26)11-14)29-15-8-10-19-20(12-15)28-13-27-19/h7-13,16,21-22,29H,2-6H2,1H3,(H,27,28). The van der Waals surface area contributed by atoms with Crippen LogP contribution in [0.5, 0.6) is 0 Å². The summed E-state index contributed by atoms with van der Waals surface area (Å²) >= 11 is 5.96. The number of H-pyrrole nitrogens is 1. The van der Waals surface area contributed by atoms with E-state index in [1.54, 1.807) is 24.0 Å². The Bertz CT molecular complexity index is 1340. The van der Waals surface area contributed by atoms with Crippen molar-refractivity contribution in [3.05, 3.63) is 65.0 Å². The number of nitrogens with zero attached hydrogens (tertiary/aromatic N) is 5. The quantitative estimate of drug-likeness (QED) is 0.351. The number of esters is 1. The molecule has 0 spiro atoms. The van der Waals surface area contributed by atoms with Gasteiger partial charge in [0, 0.05) is 5.69 Å². The van der Waals surface area contributed by atoms with E-state index in [1.165, 1.54) is 12.1 Å². The third-order valence-corrected chi connectivity index (χ3v) is 6.73. The van der Waals surface area contributed by atoms with Crippen LogP contribution in [-0.2, 0) is 9.53 Å². The van der Waals surface area contributed by atoms with E-state index in [2.05, 4.69) is 30.8 Å². The van der Waals surface area contributed by atoms with Crippen molar-refractivity contribution in [1.29, 1.82) is 0 Å². The second-order valence-corrected chi connectivity index (χ2v) is 8.98. The zero-order valence-corrected chi connectivity index (χ0v) is 19.9. The first kappa shape index (κ1) is 23.2. The number of hydrogen-bond donors (Lipinski definition) is 2. The summed E-state index contributed by atoms with van der Waals surface area (Å²) in [6.07, 6.45) is 4.95. The predicted octanol–water partition coefficient (Wildman–Crippen LogP) is 4.84. The molecule has 0 bridgehead atoms. The van der Waals surface area contributed by atoms with E-state index in [-0.39, 0.29) is 23.0 Å². The van der Waals surface area contributed by atoms with Crippen LogP contribution in [0.2, 0.25) is 5.02 Å². The number of aromatic nitrogens is 6. The average Bonchev–Trinajstić information content (AvgIpc) is 3.54. The highest BCUT2D eigenvalue weighted by atomic mass is 35.5. The molecule has 2 aromatic carbocycles. The Morgan fingerprint density at radius 1 is 1.29 bits per heavy atom. The summed E-state index contributed by atoms with van der Waals surface area (Å²) < 4.78 is 21.5. The van der Waals surface area contributed by atoms with E-state index in [0.29, 0.717) is 24.4 Å². The summed E-state index contributed by atoms with van der Waals surface area (Å²) in [4.78, 5) is 20.1. The van der Waals surface area contributed by atoms with Gasteiger partial charge in [0.25, 0.3) is 0 Å². The van der Waals surface area contributed by atoms with Crippen LogP contribution in [0.4, 0.5) is 10.1 Å². The number of anilines is 1. The van der Waals surface area contributed by atoms with E-state index in [0.717, 1.165) is 36.0 Å². The Balaban J connectivity index is 1.56. The molecule has 5 rings (SSSR count). The fourth-order valence-electron chi connectivity index (χ4n) is 4.73. The van der Waals surface area contributed by atoms with Gasteiger partial charge >= 0.3 is 5.97 Å². The number of carbonyl (C=O) groups excluding carboxylic acids is 1. The highest BCUT2D eigenvalue weighted by molar-refractivity contribution is 6.30. The fraction of sp³-hybridized carbons (Fsp3) is 0.375. The summed E-state index contributed by atoms with van der Waals surface area (Å²) in [5, 5.41) is 16.0. The zero-order valence-electron chi connectivity index (χ0n) is 19.1. The van der Waals surface area contributed by atoms with Gasteiger partial charge in [-0.25, -0.2) is 14.1 Å². The lowest BCUT2D eigenvalue weighted by Crippen LogP contribution is -2.33. The number of ether oxygens (including phenoxy) is 1. The Kier molecular flexibility index (Phi) is 6.63. The van der Waals surface area contributed by atoms with Gasteiger partial charge in [0.15, 0.2) is 5.82 Å². The molecule has 4 aromatic rings. The van der Waals surface area contributed by atoms with Gasteiger partial charge in [0.1, 0.15) is 11.9 Å². The summed E-state index contributed by atoms with van der Waals surface area (Å²) in [6.45, 7) is 2.11. The monoisotopic (exact) mass is 497 g/mol. The maximum Gasteiger partial charge on any atom is 0.311 e. The lowest BCUT2D eigenvalue weighted by atomic mass is 9.84. The largest absolute Gasteiger partial charge is 0.466 e. The molecule has 0 saturated heterocycles. The third kappa shape index (κ3) is 4.70. The number of imidazole rings is 1. The van der Waals surface area contributed by atoms with Crippen LogP contribution in [0.1, 0.15) is 56.1 Å². The molecular formula is C24H25ClFN7O2. The van der Waals surface area contributed by atoms with E-state index in [1.807, 2.05) is 18.2 Å². The Morgan fingerprint density at radius 3 is 2.97 bits per heavy atom. The minimum Gasteiger partial charge on any atom is -0.466 e. The van der Waals surface area contributed by atoms with Crippen LogP contribution in [0.25, 0.3) is 11.0 Å². The van der Waals surface area contributed by atoms with Gasteiger partial charge in [0.05, 0.1) is 40.9 Å². The van der Waals surface area contributed by atoms with Gasteiger partial charge in [-0.1, -0.05) is 30.5 Å². The van der Waals surface area contributed by atoms with Crippen molar-refractivity contribution in [2.75, 3.05) is 11.9 Å². The molecule has 1 aliphatic carbocycles. The van der Waals surface area contributed by atoms with Crippen molar-refractivity contribution in [1.82, 2.24) is 30.2 Å². The van der Waals surface area contributed by atoms with E-state index >= 15 is 0 Å². The van der Waals surface area contributed by atoms with Gasteiger partial charge in [-0.15, -0.1) is 5.10 Å². The smallest absolute Gasteiger partial charge is 0.311 e. The number of tetrazole rings is 1. The van der Waals surface area contributed by atoms with Gasteiger partial charge in [-0.2, -0.15) is 0 Å². The highest BCUT2D eigenvalue weighted by Crippen LogP contribution is 2.37. The van der Waals surface area contributed by atoms with Crippen molar-refractivity contribution in [3.8, 4) is 0 Å². The third-order valence-electron chi connectivity index (χ3n) is 6.42. The van der Waals surface area contributed by atoms with E-state index in [4.69, 9.17) is 16.3 Å². The maximum absolute atomic E-state index is 14.5. The van der Waals surface area contributed by atoms with Crippen molar-refractivity contribution >= 4 is 34.3 Å². The van der Waals surface area contributed by atoms with Crippen molar-refractivity contribution in [2.24, 2.45) is 5.92 Å². The molecule has 1 saturated carbocycles. The molecule has 11 heteroatoms. The van der Waals surface area contributed by atoms with Gasteiger partial charge < -0.3 is 15.0 Å². The molecule has 35 heavy (non-hydrogen) atoms. The molecular weight excluding hydrogens is 473 g/mol. The number of fused-ring (bicyclic) bond motifs is 1. The number of benzene rings is 2. The first-order chi connectivity index (χ1) is 17.0. The van der Waals surface area contributed by atoms with Crippen molar-refractivity contribution in [2.45, 2.75) is 44.7 Å². The van der Waals surface area contributed by atoms with Gasteiger partial charge in [-0.3, -0.25) is 4.79 Å². The first-order valence-corrected chi connectivity index (χ1v) is 12.0. The summed E-state index contributed by atoms with van der Waals surface area (Å²) in [5.41, 5.74) is 3.03. The number of hydrogen-bond acceptors (Lipinski definition) is 7. The lowest BCUT2D eigenvalue weighted by Gasteiger charge is -2.31. The van der Waals surface area contributed by atoms with Crippen molar-refractivity contribution in [3.63, 3.8) is 0 Å². The average molecular weight is 498 g/mol. The molecule has 2 N–H and O–H groups in total. The molecule has 0 aliphatic heterocycles. The maximum atomic E-state index is 14.5. The van der Waals surface area contributed by atoms with Crippen LogP contribution in [-0.4, -0.2) is 42.8 Å². The molecule has 2 aromatic heterocycles. The van der Waals surface area contributed by atoms with E-state index < -0.39 is 11.9 Å². The topological polar surface area (TPSA) is 111 Å². The number of halogens is 2. The normalized spacial score (nSPS) is 18.9. The molecule has 1 fully saturated rings. The number of aromatic amines is 1. The lowest BCUT2D eigenvalue weighted by molar-refractivity contribution is -0.151. The Labute approximate surface area is 206 Å². The van der Waals surface area contributed by atoms with Gasteiger partial charge in [-0.05, 0) is 66.1 Å². The SMILES string of the molecule is CCOC(=O)C1CCCCC1n1nnnc1C(Nc1ccc2[nH]cnc2c1)c1ccc(Cl)c(F)c1. The number of nitrogens with one attached hydrogen (secondary N) is 2. The van der Waals surface area contributed by atoms with Crippen LogP contribution in [0.15, 0.2) is 42.7 Å². The van der Waals surface area contributed by atoms with Crippen molar-refractivity contribution < 1.29 is 13.9 Å². The Hall–Kier alpha value is -3.53. The molecule has 1 aliphatic rings. The summed E-state index contributed by atoms with van der Waals surface area (Å²) in [5.74, 6) is -0.673. The predicted molar refractivity (Wildman–Crippen MR) is 128 cm³/mol. The minimum atomic E-state index is -0.613. The molecule has 182 valence electrons. The number of rotatable bonds is 7. The second-order valence-electron chi connectivity index (χ2n) is 8.58. The molecule has 9 nitrogen and oxygen atoms in total. The highest BCUT2D eigenvalue weighted by Gasteiger charge is 2.37. The molecule has 3 atom stereocenters. The first-order valence-electron chi connectivity index (χ1n) is 11.6.